The van der Waals surface area contributed by atoms with Crippen molar-refractivity contribution in [1.29, 1.82) is 0 Å². The first kappa shape index (κ1) is 21.6. The van der Waals surface area contributed by atoms with E-state index in [1.807, 2.05) is 6.92 Å². The van der Waals surface area contributed by atoms with Crippen molar-refractivity contribution < 1.29 is 22.9 Å². The number of carbonyl (C=O) groups is 2. The van der Waals surface area contributed by atoms with Crippen LogP contribution in [0.2, 0.25) is 5.02 Å². The van der Waals surface area contributed by atoms with Gasteiger partial charge in [0.15, 0.2) is 6.54 Å². The lowest BCUT2D eigenvalue weighted by atomic mass is 10.3. The number of nitrogens with zero attached hydrogens (tertiary/aromatic N) is 1. The highest BCUT2D eigenvalue weighted by Gasteiger charge is 2.31. The minimum atomic E-state index is -3.56. The minimum Gasteiger partial charge on any atom is -0.355 e. The normalized spacial score (nSPS) is 17.3. The van der Waals surface area contributed by atoms with Gasteiger partial charge < -0.3 is 15.5 Å². The Morgan fingerprint density at radius 3 is 2.37 bits per heavy atom. The summed E-state index contributed by atoms with van der Waals surface area (Å²) in [6.07, 6.45) is 0. The molecule has 0 saturated carbocycles. The monoisotopic (exact) mass is 417 g/mol. The number of sulfonamides is 1. The van der Waals surface area contributed by atoms with Crippen molar-refractivity contribution in [2.45, 2.75) is 24.8 Å². The van der Waals surface area contributed by atoms with E-state index in [1.54, 1.807) is 19.1 Å². The number of carbonyl (C=O) groups excluding carboxylic acids is 2. The van der Waals surface area contributed by atoms with E-state index in [1.165, 1.54) is 16.4 Å². The van der Waals surface area contributed by atoms with Crippen molar-refractivity contribution in [2.24, 2.45) is 0 Å². The number of benzene rings is 1. The number of piperazine rings is 1. The lowest BCUT2D eigenvalue weighted by molar-refractivity contribution is -0.895. The van der Waals surface area contributed by atoms with Crippen LogP contribution in [-0.2, 0) is 19.6 Å². The molecule has 1 aromatic rings. The molecule has 10 heteroatoms. The fourth-order valence-corrected chi connectivity index (χ4v) is 4.46. The molecular formula is C17H26ClN4O4S+. The Morgan fingerprint density at radius 1 is 1.22 bits per heavy atom. The molecule has 1 aromatic carbocycles. The Kier molecular flexibility index (Phi) is 7.60. The van der Waals surface area contributed by atoms with Gasteiger partial charge in [-0.05, 0) is 38.1 Å². The van der Waals surface area contributed by atoms with Gasteiger partial charge in [-0.1, -0.05) is 11.6 Å². The largest absolute Gasteiger partial charge is 0.355 e. The molecule has 1 aliphatic heterocycles. The van der Waals surface area contributed by atoms with Gasteiger partial charge in [0.1, 0.15) is 6.04 Å². The molecule has 1 heterocycles. The zero-order valence-corrected chi connectivity index (χ0v) is 17.1. The Balaban J connectivity index is 1.85. The fraction of sp³-hybridized carbons (Fsp3) is 0.529. The summed E-state index contributed by atoms with van der Waals surface area (Å²) in [4.78, 5) is 25.0. The first-order valence-corrected chi connectivity index (χ1v) is 10.7. The van der Waals surface area contributed by atoms with Crippen LogP contribution >= 0.6 is 11.6 Å². The van der Waals surface area contributed by atoms with Crippen LogP contribution in [0.15, 0.2) is 29.2 Å². The number of quaternary nitrogens is 1. The summed E-state index contributed by atoms with van der Waals surface area (Å²) in [7, 11) is -3.56. The van der Waals surface area contributed by atoms with Crippen LogP contribution in [0.4, 0.5) is 0 Å². The molecule has 0 radical (unpaired) electrons. The van der Waals surface area contributed by atoms with Gasteiger partial charge in [-0.3, -0.25) is 9.59 Å². The molecule has 27 heavy (non-hydrogen) atoms. The Hall–Kier alpha value is -1.68. The maximum absolute atomic E-state index is 12.7. The van der Waals surface area contributed by atoms with E-state index < -0.39 is 16.1 Å². The summed E-state index contributed by atoms with van der Waals surface area (Å²) >= 11 is 5.81. The topological polar surface area (TPSA) is 100 Å². The number of hydrogen-bond donors (Lipinski definition) is 3. The quantitative estimate of drug-likeness (QED) is 0.522. The van der Waals surface area contributed by atoms with Crippen molar-refractivity contribution in [3.05, 3.63) is 29.3 Å². The summed E-state index contributed by atoms with van der Waals surface area (Å²) < 4.78 is 26.7. The average molecular weight is 418 g/mol. The van der Waals surface area contributed by atoms with Gasteiger partial charge in [-0.15, -0.1) is 0 Å². The van der Waals surface area contributed by atoms with Crippen LogP contribution in [0.3, 0.4) is 0 Å². The van der Waals surface area contributed by atoms with Gasteiger partial charge in [-0.2, -0.15) is 4.31 Å². The van der Waals surface area contributed by atoms with Gasteiger partial charge in [0.05, 0.1) is 31.1 Å². The molecule has 1 fully saturated rings. The van der Waals surface area contributed by atoms with Gasteiger partial charge in [0.2, 0.25) is 15.9 Å². The van der Waals surface area contributed by atoms with E-state index in [0.717, 1.165) is 4.90 Å². The van der Waals surface area contributed by atoms with E-state index in [0.29, 0.717) is 37.7 Å². The van der Waals surface area contributed by atoms with E-state index in [2.05, 4.69) is 10.6 Å². The smallest absolute Gasteiger partial charge is 0.275 e. The molecule has 0 aliphatic carbocycles. The molecule has 2 rings (SSSR count). The van der Waals surface area contributed by atoms with Crippen LogP contribution in [0.5, 0.6) is 0 Å². The Morgan fingerprint density at radius 2 is 1.81 bits per heavy atom. The summed E-state index contributed by atoms with van der Waals surface area (Å²) in [6.45, 7) is 5.88. The fourth-order valence-electron chi connectivity index (χ4n) is 2.89. The number of rotatable bonds is 7. The zero-order chi connectivity index (χ0) is 20.0. The van der Waals surface area contributed by atoms with Crippen LogP contribution in [-0.4, -0.2) is 69.8 Å². The number of hydrogen-bond acceptors (Lipinski definition) is 4. The molecule has 1 saturated heterocycles. The molecule has 0 spiro atoms. The van der Waals surface area contributed by atoms with Crippen molar-refractivity contribution in [2.75, 3.05) is 39.3 Å². The Bertz CT molecular complexity index is 762. The first-order chi connectivity index (χ1) is 12.7. The Labute approximate surface area is 164 Å². The van der Waals surface area contributed by atoms with Crippen LogP contribution < -0.4 is 15.5 Å². The summed E-state index contributed by atoms with van der Waals surface area (Å²) in [5.74, 6) is -0.447. The molecule has 0 unspecified atom stereocenters. The molecule has 1 atom stereocenters. The lowest BCUT2D eigenvalue weighted by Crippen LogP contribution is -3.15. The van der Waals surface area contributed by atoms with Crippen molar-refractivity contribution in [3.63, 3.8) is 0 Å². The maximum atomic E-state index is 12.7. The number of halogens is 1. The standard InChI is InChI=1S/C17H25ClN4O4S/c1-3-19-17(24)13(2)20-16(23)12-21-8-10-22(11-9-21)27(25,26)15-6-4-14(18)5-7-15/h4-7,13H,3,8-12H2,1-2H3,(H,19,24)(H,20,23)/p+1/t13-/m1/s1. The van der Waals surface area contributed by atoms with Gasteiger partial charge in [-0.25, -0.2) is 8.42 Å². The predicted molar refractivity (Wildman–Crippen MR) is 102 cm³/mol. The summed E-state index contributed by atoms with van der Waals surface area (Å²) in [5.41, 5.74) is 0. The third kappa shape index (κ3) is 5.90. The van der Waals surface area contributed by atoms with Crippen LogP contribution in [0.1, 0.15) is 13.8 Å². The van der Waals surface area contributed by atoms with Crippen molar-refractivity contribution >= 4 is 33.4 Å². The number of likely N-dealkylation sites (N-methyl/N-ethyl adjacent to an activating group) is 1. The molecular weight excluding hydrogens is 392 g/mol. The molecule has 3 N–H and O–H groups in total. The summed E-state index contributed by atoms with van der Waals surface area (Å²) in [5, 5.41) is 5.80. The molecule has 1 aliphatic rings. The van der Waals surface area contributed by atoms with E-state index in [-0.39, 0.29) is 23.3 Å². The maximum Gasteiger partial charge on any atom is 0.275 e. The van der Waals surface area contributed by atoms with Crippen molar-refractivity contribution in [3.8, 4) is 0 Å². The van der Waals surface area contributed by atoms with Gasteiger partial charge in [0.25, 0.3) is 5.91 Å². The average Bonchev–Trinajstić information content (AvgIpc) is 2.62. The second-order valence-corrected chi connectivity index (χ2v) is 8.84. The minimum absolute atomic E-state index is 0.207. The second-order valence-electron chi connectivity index (χ2n) is 6.47. The second kappa shape index (κ2) is 9.50. The van der Waals surface area contributed by atoms with Crippen molar-refractivity contribution in [1.82, 2.24) is 14.9 Å². The number of nitrogens with one attached hydrogen (secondary N) is 3. The van der Waals surface area contributed by atoms with E-state index in [9.17, 15) is 18.0 Å². The molecule has 2 amide bonds. The molecule has 8 nitrogen and oxygen atoms in total. The highest BCUT2D eigenvalue weighted by molar-refractivity contribution is 7.89. The molecule has 150 valence electrons. The predicted octanol–water partition coefficient (Wildman–Crippen LogP) is -1.13. The first-order valence-electron chi connectivity index (χ1n) is 8.90. The van der Waals surface area contributed by atoms with E-state index in [4.69, 9.17) is 11.6 Å². The van der Waals surface area contributed by atoms with Crippen LogP contribution in [0.25, 0.3) is 0 Å². The molecule has 0 bridgehead atoms. The molecule has 0 aromatic heterocycles. The third-order valence-electron chi connectivity index (χ3n) is 4.41. The zero-order valence-electron chi connectivity index (χ0n) is 15.5. The SMILES string of the molecule is CCNC(=O)[C@@H](C)NC(=O)C[NH+]1CCN(S(=O)(=O)c2ccc(Cl)cc2)CC1. The highest BCUT2D eigenvalue weighted by atomic mass is 35.5. The lowest BCUT2D eigenvalue weighted by Gasteiger charge is -2.31. The summed E-state index contributed by atoms with van der Waals surface area (Å²) in [6, 6.07) is 5.50. The van der Waals surface area contributed by atoms with Gasteiger partial charge >= 0.3 is 0 Å². The number of amides is 2. The highest BCUT2D eigenvalue weighted by Crippen LogP contribution is 2.18. The van der Waals surface area contributed by atoms with E-state index >= 15 is 0 Å². The van der Waals surface area contributed by atoms with Gasteiger partial charge in [0, 0.05) is 11.6 Å². The third-order valence-corrected chi connectivity index (χ3v) is 6.58. The van der Waals surface area contributed by atoms with Crippen LogP contribution in [0, 0.1) is 0 Å².